The topological polar surface area (TPSA) is 68.5 Å². The molecule has 0 radical (unpaired) electrons. The molecule has 0 bridgehead atoms. The Balaban J connectivity index is 0.00000144. The van der Waals surface area contributed by atoms with Crippen molar-refractivity contribution >= 4 is 30.7 Å². The summed E-state index contributed by atoms with van der Waals surface area (Å²) in [6, 6.07) is 3.84. The summed E-state index contributed by atoms with van der Waals surface area (Å²) in [5.41, 5.74) is 6.54. The third-order valence-corrected chi connectivity index (χ3v) is 5.55. The number of likely N-dealkylation sites (N-methyl/N-ethyl adjacent to an activating group) is 1. The first-order chi connectivity index (χ1) is 10.4. The van der Waals surface area contributed by atoms with Crippen LogP contribution in [0.4, 0.5) is 0 Å². The molecule has 3 atom stereocenters. The van der Waals surface area contributed by atoms with Crippen LogP contribution in [-0.2, 0) is 16.1 Å². The van der Waals surface area contributed by atoms with Crippen LogP contribution in [0.3, 0.4) is 0 Å². The fourth-order valence-corrected chi connectivity index (χ4v) is 4.16. The van der Waals surface area contributed by atoms with Crippen LogP contribution in [0.25, 0.3) is 0 Å². The van der Waals surface area contributed by atoms with Gasteiger partial charge in [0.2, 0.25) is 5.91 Å². The first-order valence-electron chi connectivity index (χ1n) is 7.94. The van der Waals surface area contributed by atoms with Crippen LogP contribution < -0.4 is 5.73 Å². The Morgan fingerprint density at radius 2 is 2.00 bits per heavy atom. The van der Waals surface area contributed by atoms with Crippen molar-refractivity contribution in [3.63, 3.8) is 0 Å². The summed E-state index contributed by atoms with van der Waals surface area (Å²) in [5.74, 6) is 0.143. The largest absolute Gasteiger partial charge is 0.377 e. The monoisotopic (exact) mass is 375 g/mol. The van der Waals surface area contributed by atoms with Gasteiger partial charge < -0.3 is 15.4 Å². The lowest BCUT2D eigenvalue weighted by atomic mass is 9.46. The molecule has 1 aliphatic carbocycles. The molecule has 2 aliphatic rings. The van der Waals surface area contributed by atoms with Crippen molar-refractivity contribution in [1.82, 2.24) is 9.88 Å². The molecule has 1 aromatic rings. The van der Waals surface area contributed by atoms with Crippen molar-refractivity contribution in [1.29, 1.82) is 0 Å². The fourth-order valence-electron chi connectivity index (χ4n) is 4.16. The molecule has 0 aromatic carbocycles. The molecule has 2 N–H and O–H groups in total. The van der Waals surface area contributed by atoms with Crippen molar-refractivity contribution in [2.45, 2.75) is 44.9 Å². The molecule has 2 fully saturated rings. The first kappa shape index (κ1) is 21.2. The smallest absolute Gasteiger partial charge is 0.243 e. The molecule has 0 spiro atoms. The lowest BCUT2D eigenvalue weighted by Gasteiger charge is -2.65. The maximum atomic E-state index is 13.1. The molecule has 136 valence electrons. The van der Waals surface area contributed by atoms with E-state index in [1.54, 1.807) is 17.3 Å². The van der Waals surface area contributed by atoms with Crippen LogP contribution in [0.5, 0.6) is 0 Å². The number of pyridine rings is 1. The average Bonchev–Trinajstić information content (AvgIpc) is 2.54. The second kappa shape index (κ2) is 7.56. The van der Waals surface area contributed by atoms with Crippen molar-refractivity contribution in [3.8, 4) is 0 Å². The number of hydrogen-bond acceptors (Lipinski definition) is 4. The Hall–Kier alpha value is -0.880. The minimum atomic E-state index is -0.833. The van der Waals surface area contributed by atoms with Crippen LogP contribution in [0.2, 0.25) is 0 Å². The highest BCUT2D eigenvalue weighted by molar-refractivity contribution is 5.89. The molecule has 7 heteroatoms. The molecule has 3 unspecified atom stereocenters. The molecule has 2 heterocycles. The summed E-state index contributed by atoms with van der Waals surface area (Å²) in [6.07, 6.45) is 5.54. The zero-order valence-electron chi connectivity index (χ0n) is 14.4. The van der Waals surface area contributed by atoms with E-state index >= 15 is 0 Å². The number of amides is 1. The molecular formula is C17H27Cl2N3O2. The highest BCUT2D eigenvalue weighted by Crippen LogP contribution is 2.57. The zero-order chi connectivity index (χ0) is 16.0. The molecule has 1 amide bonds. The van der Waals surface area contributed by atoms with E-state index in [9.17, 15) is 4.79 Å². The number of nitrogens with two attached hydrogens (primary N) is 1. The molecule has 1 saturated carbocycles. The van der Waals surface area contributed by atoms with Gasteiger partial charge in [-0.05, 0) is 30.5 Å². The van der Waals surface area contributed by atoms with Gasteiger partial charge >= 0.3 is 0 Å². The summed E-state index contributed by atoms with van der Waals surface area (Å²) in [7, 11) is 1.82. The van der Waals surface area contributed by atoms with Crippen molar-refractivity contribution < 1.29 is 9.53 Å². The van der Waals surface area contributed by atoms with Crippen LogP contribution in [-0.4, -0.2) is 41.1 Å². The maximum Gasteiger partial charge on any atom is 0.243 e. The minimum absolute atomic E-state index is 0. The van der Waals surface area contributed by atoms with Crippen molar-refractivity contribution in [2.75, 3.05) is 13.7 Å². The van der Waals surface area contributed by atoms with E-state index in [1.165, 1.54) is 0 Å². The number of carbonyl (C=O) groups is 1. The molecular weight excluding hydrogens is 349 g/mol. The standard InChI is InChI=1S/C17H25N3O2.2ClH/c1-16(2)14-13(5-4-10-22-14)17(16,18)15(21)20(3)11-12-6-8-19-9-7-12;;/h6-9,13-14H,4-5,10-11,18H2,1-3H3;2*1H. The Labute approximate surface area is 156 Å². The molecule has 1 aromatic heterocycles. The van der Waals surface area contributed by atoms with E-state index < -0.39 is 5.54 Å². The Morgan fingerprint density at radius 3 is 2.62 bits per heavy atom. The number of fused-ring (bicyclic) bond motifs is 1. The predicted molar refractivity (Wildman–Crippen MR) is 98.4 cm³/mol. The SMILES string of the molecule is CN(Cc1ccncc1)C(=O)C1(N)C2CCCOC2C1(C)C.Cl.Cl. The van der Waals surface area contributed by atoms with Gasteiger partial charge in [-0.3, -0.25) is 9.78 Å². The normalized spacial score (nSPS) is 30.0. The Morgan fingerprint density at radius 1 is 1.38 bits per heavy atom. The number of rotatable bonds is 3. The minimum Gasteiger partial charge on any atom is -0.377 e. The lowest BCUT2D eigenvalue weighted by Crippen LogP contribution is -2.82. The number of hydrogen-bond donors (Lipinski definition) is 1. The van der Waals surface area contributed by atoms with E-state index in [1.807, 2.05) is 19.2 Å². The first-order valence-corrected chi connectivity index (χ1v) is 7.94. The molecule has 24 heavy (non-hydrogen) atoms. The van der Waals surface area contributed by atoms with Gasteiger partial charge in [-0.1, -0.05) is 13.8 Å². The quantitative estimate of drug-likeness (QED) is 0.880. The molecule has 3 rings (SSSR count). The van der Waals surface area contributed by atoms with Gasteiger partial charge in [0.1, 0.15) is 5.54 Å². The molecule has 1 saturated heterocycles. The van der Waals surface area contributed by atoms with E-state index in [0.29, 0.717) is 6.54 Å². The fraction of sp³-hybridized carbons (Fsp3) is 0.647. The highest BCUT2D eigenvalue weighted by atomic mass is 35.5. The molecule has 1 aliphatic heterocycles. The van der Waals surface area contributed by atoms with Gasteiger partial charge in [0.15, 0.2) is 0 Å². The number of carbonyl (C=O) groups excluding carboxylic acids is 1. The molecule has 5 nitrogen and oxygen atoms in total. The maximum absolute atomic E-state index is 13.1. The van der Waals surface area contributed by atoms with Gasteiger partial charge in [0.25, 0.3) is 0 Å². The van der Waals surface area contributed by atoms with E-state index in [-0.39, 0.29) is 48.2 Å². The van der Waals surface area contributed by atoms with Crippen LogP contribution >= 0.6 is 24.8 Å². The van der Waals surface area contributed by atoms with Gasteiger partial charge in [0, 0.05) is 43.9 Å². The zero-order valence-corrected chi connectivity index (χ0v) is 16.0. The third-order valence-electron chi connectivity index (χ3n) is 5.55. The number of nitrogens with zero attached hydrogens (tertiary/aromatic N) is 2. The Kier molecular flexibility index (Phi) is 6.67. The number of halogens is 2. The summed E-state index contributed by atoms with van der Waals surface area (Å²) in [5, 5.41) is 0. The Bertz CT molecular complexity index is 570. The number of ether oxygens (including phenoxy) is 1. The van der Waals surface area contributed by atoms with E-state index in [4.69, 9.17) is 10.5 Å². The van der Waals surface area contributed by atoms with Crippen molar-refractivity contribution in [3.05, 3.63) is 30.1 Å². The van der Waals surface area contributed by atoms with Crippen LogP contribution in [0.15, 0.2) is 24.5 Å². The van der Waals surface area contributed by atoms with Gasteiger partial charge in [0.05, 0.1) is 6.10 Å². The van der Waals surface area contributed by atoms with Crippen LogP contribution in [0.1, 0.15) is 32.3 Å². The highest BCUT2D eigenvalue weighted by Gasteiger charge is 2.70. The second-order valence-electron chi connectivity index (χ2n) is 7.15. The summed E-state index contributed by atoms with van der Waals surface area (Å²) >= 11 is 0. The summed E-state index contributed by atoms with van der Waals surface area (Å²) < 4.78 is 5.88. The summed E-state index contributed by atoms with van der Waals surface area (Å²) in [4.78, 5) is 18.8. The van der Waals surface area contributed by atoms with E-state index in [0.717, 1.165) is 25.0 Å². The second-order valence-corrected chi connectivity index (χ2v) is 7.15. The summed E-state index contributed by atoms with van der Waals surface area (Å²) in [6.45, 7) is 5.44. The van der Waals surface area contributed by atoms with Crippen LogP contribution in [0, 0.1) is 11.3 Å². The average molecular weight is 376 g/mol. The predicted octanol–water partition coefficient (Wildman–Crippen LogP) is 2.42. The third kappa shape index (κ3) is 3.03. The van der Waals surface area contributed by atoms with Gasteiger partial charge in [-0.25, -0.2) is 0 Å². The van der Waals surface area contributed by atoms with Gasteiger partial charge in [-0.15, -0.1) is 24.8 Å². The number of aromatic nitrogens is 1. The lowest BCUT2D eigenvalue weighted by molar-refractivity contribution is -0.229. The van der Waals surface area contributed by atoms with Gasteiger partial charge in [-0.2, -0.15) is 0 Å². The van der Waals surface area contributed by atoms with Crippen molar-refractivity contribution in [2.24, 2.45) is 17.1 Å². The van der Waals surface area contributed by atoms with E-state index in [2.05, 4.69) is 18.8 Å².